The van der Waals surface area contributed by atoms with E-state index in [-0.39, 0.29) is 6.10 Å². The SMILES string of the molecule is COc1ccc(C(C)(O)c2ccccc2)cc1OC1CCCC1. The zero-order valence-electron chi connectivity index (χ0n) is 13.8. The van der Waals surface area contributed by atoms with Crippen molar-refractivity contribution in [2.24, 2.45) is 0 Å². The molecule has 1 unspecified atom stereocenters. The molecule has 122 valence electrons. The Morgan fingerprint density at radius 1 is 0.957 bits per heavy atom. The van der Waals surface area contributed by atoms with Gasteiger partial charge in [0.25, 0.3) is 0 Å². The van der Waals surface area contributed by atoms with Crippen LogP contribution in [0.5, 0.6) is 11.5 Å². The van der Waals surface area contributed by atoms with E-state index in [1.54, 1.807) is 7.11 Å². The summed E-state index contributed by atoms with van der Waals surface area (Å²) in [5.41, 5.74) is 0.593. The van der Waals surface area contributed by atoms with E-state index >= 15 is 0 Å². The molecule has 3 rings (SSSR count). The molecule has 2 aromatic carbocycles. The van der Waals surface area contributed by atoms with E-state index in [9.17, 15) is 5.11 Å². The lowest BCUT2D eigenvalue weighted by molar-refractivity contribution is 0.101. The summed E-state index contributed by atoms with van der Waals surface area (Å²) in [6, 6.07) is 15.4. The predicted molar refractivity (Wildman–Crippen MR) is 91.0 cm³/mol. The Labute approximate surface area is 137 Å². The number of hydrogen-bond acceptors (Lipinski definition) is 3. The van der Waals surface area contributed by atoms with Crippen LogP contribution < -0.4 is 9.47 Å². The average Bonchev–Trinajstić information content (AvgIpc) is 3.08. The van der Waals surface area contributed by atoms with Gasteiger partial charge in [-0.15, -0.1) is 0 Å². The highest BCUT2D eigenvalue weighted by molar-refractivity contribution is 5.47. The van der Waals surface area contributed by atoms with Gasteiger partial charge >= 0.3 is 0 Å². The molecule has 0 amide bonds. The van der Waals surface area contributed by atoms with E-state index in [1.807, 2.05) is 55.5 Å². The zero-order chi connectivity index (χ0) is 16.3. The minimum atomic E-state index is -1.07. The second kappa shape index (κ2) is 6.63. The molecule has 3 heteroatoms. The third kappa shape index (κ3) is 3.35. The smallest absolute Gasteiger partial charge is 0.161 e. The average molecular weight is 312 g/mol. The molecule has 0 radical (unpaired) electrons. The molecule has 23 heavy (non-hydrogen) atoms. The molecule has 0 bridgehead atoms. The fourth-order valence-corrected chi connectivity index (χ4v) is 3.19. The van der Waals surface area contributed by atoms with E-state index in [0.717, 1.165) is 24.0 Å². The molecule has 1 fully saturated rings. The zero-order valence-corrected chi connectivity index (χ0v) is 13.8. The highest BCUT2D eigenvalue weighted by Gasteiger charge is 2.27. The van der Waals surface area contributed by atoms with Crippen molar-refractivity contribution in [1.82, 2.24) is 0 Å². The van der Waals surface area contributed by atoms with Crippen LogP contribution in [0.4, 0.5) is 0 Å². The van der Waals surface area contributed by atoms with Crippen LogP contribution in [0.15, 0.2) is 48.5 Å². The van der Waals surface area contributed by atoms with Crippen molar-refractivity contribution < 1.29 is 14.6 Å². The quantitative estimate of drug-likeness (QED) is 0.896. The van der Waals surface area contributed by atoms with Crippen molar-refractivity contribution in [3.8, 4) is 11.5 Å². The van der Waals surface area contributed by atoms with Crippen LogP contribution in [0.25, 0.3) is 0 Å². The van der Waals surface area contributed by atoms with Crippen molar-refractivity contribution in [3.05, 3.63) is 59.7 Å². The Kier molecular flexibility index (Phi) is 4.58. The first kappa shape index (κ1) is 15.9. The fraction of sp³-hybridized carbons (Fsp3) is 0.400. The Bertz CT molecular complexity index is 643. The maximum absolute atomic E-state index is 11.0. The van der Waals surface area contributed by atoms with Gasteiger partial charge < -0.3 is 14.6 Å². The Hall–Kier alpha value is -2.00. The summed E-state index contributed by atoms with van der Waals surface area (Å²) in [5, 5.41) is 11.0. The lowest BCUT2D eigenvalue weighted by Crippen LogP contribution is -2.23. The largest absolute Gasteiger partial charge is 0.493 e. The lowest BCUT2D eigenvalue weighted by atomic mass is 9.88. The van der Waals surface area contributed by atoms with Crippen LogP contribution in [0.1, 0.15) is 43.7 Å². The van der Waals surface area contributed by atoms with Crippen molar-refractivity contribution in [2.45, 2.75) is 44.3 Å². The third-order valence-corrected chi connectivity index (χ3v) is 4.66. The number of hydrogen-bond donors (Lipinski definition) is 1. The fourth-order valence-electron chi connectivity index (χ4n) is 3.19. The number of benzene rings is 2. The summed E-state index contributed by atoms with van der Waals surface area (Å²) < 4.78 is 11.6. The minimum absolute atomic E-state index is 0.251. The molecule has 0 saturated heterocycles. The van der Waals surface area contributed by atoms with Gasteiger partial charge in [0.05, 0.1) is 13.2 Å². The molecule has 1 aliphatic rings. The van der Waals surface area contributed by atoms with Gasteiger partial charge in [-0.1, -0.05) is 36.4 Å². The Balaban J connectivity index is 1.93. The molecule has 1 atom stereocenters. The normalized spacial score (nSPS) is 17.7. The topological polar surface area (TPSA) is 38.7 Å². The summed E-state index contributed by atoms with van der Waals surface area (Å²) in [4.78, 5) is 0. The van der Waals surface area contributed by atoms with Crippen molar-refractivity contribution >= 4 is 0 Å². The second-order valence-corrected chi connectivity index (χ2v) is 6.33. The molecular formula is C20H24O3. The van der Waals surface area contributed by atoms with Crippen LogP contribution in [0, 0.1) is 0 Å². The summed E-state index contributed by atoms with van der Waals surface area (Å²) in [7, 11) is 1.64. The molecule has 0 heterocycles. The van der Waals surface area contributed by atoms with E-state index in [0.29, 0.717) is 11.5 Å². The van der Waals surface area contributed by atoms with Gasteiger partial charge in [0.1, 0.15) is 5.60 Å². The Morgan fingerprint density at radius 3 is 2.30 bits per heavy atom. The van der Waals surface area contributed by atoms with Gasteiger partial charge in [-0.05, 0) is 55.9 Å². The van der Waals surface area contributed by atoms with Crippen LogP contribution in [-0.4, -0.2) is 18.3 Å². The first-order valence-corrected chi connectivity index (χ1v) is 8.24. The standard InChI is InChI=1S/C20H24O3/c1-20(21,15-8-4-3-5-9-15)16-12-13-18(22-2)19(14-16)23-17-10-6-7-11-17/h3-5,8-9,12-14,17,21H,6-7,10-11H2,1-2H3. The van der Waals surface area contributed by atoms with Crippen LogP contribution in [0.2, 0.25) is 0 Å². The first-order valence-electron chi connectivity index (χ1n) is 8.24. The molecule has 0 spiro atoms. The van der Waals surface area contributed by atoms with Gasteiger partial charge in [0.15, 0.2) is 11.5 Å². The maximum atomic E-state index is 11.0. The van der Waals surface area contributed by atoms with Crippen LogP contribution >= 0.6 is 0 Å². The summed E-state index contributed by atoms with van der Waals surface area (Å²) in [6.07, 6.45) is 4.86. The lowest BCUT2D eigenvalue weighted by Gasteiger charge is -2.26. The molecule has 1 aliphatic carbocycles. The highest BCUT2D eigenvalue weighted by Crippen LogP contribution is 2.37. The second-order valence-electron chi connectivity index (χ2n) is 6.33. The molecule has 3 nitrogen and oxygen atoms in total. The minimum Gasteiger partial charge on any atom is -0.493 e. The molecule has 0 aromatic heterocycles. The van der Waals surface area contributed by atoms with Crippen LogP contribution in [0.3, 0.4) is 0 Å². The van der Waals surface area contributed by atoms with Gasteiger partial charge in [0.2, 0.25) is 0 Å². The molecular weight excluding hydrogens is 288 g/mol. The first-order chi connectivity index (χ1) is 11.1. The summed E-state index contributed by atoms with van der Waals surface area (Å²) in [6.45, 7) is 1.81. The number of methoxy groups -OCH3 is 1. The van der Waals surface area contributed by atoms with Crippen molar-refractivity contribution in [2.75, 3.05) is 7.11 Å². The predicted octanol–water partition coefficient (Wildman–Crippen LogP) is 4.27. The molecule has 2 aromatic rings. The molecule has 0 aliphatic heterocycles. The highest BCUT2D eigenvalue weighted by atomic mass is 16.5. The summed E-state index contributed by atoms with van der Waals surface area (Å²) >= 11 is 0. The van der Waals surface area contributed by atoms with Crippen LogP contribution in [-0.2, 0) is 5.60 Å². The van der Waals surface area contributed by atoms with Crippen molar-refractivity contribution in [3.63, 3.8) is 0 Å². The number of ether oxygens (including phenoxy) is 2. The van der Waals surface area contributed by atoms with Gasteiger partial charge in [-0.2, -0.15) is 0 Å². The van der Waals surface area contributed by atoms with E-state index in [4.69, 9.17) is 9.47 Å². The van der Waals surface area contributed by atoms with E-state index in [1.165, 1.54) is 12.8 Å². The number of aliphatic hydroxyl groups is 1. The maximum Gasteiger partial charge on any atom is 0.161 e. The monoisotopic (exact) mass is 312 g/mol. The van der Waals surface area contributed by atoms with Crippen molar-refractivity contribution in [1.29, 1.82) is 0 Å². The van der Waals surface area contributed by atoms with Gasteiger partial charge in [0, 0.05) is 0 Å². The third-order valence-electron chi connectivity index (χ3n) is 4.66. The van der Waals surface area contributed by atoms with E-state index < -0.39 is 5.60 Å². The summed E-state index contributed by atoms with van der Waals surface area (Å²) in [5.74, 6) is 1.43. The van der Waals surface area contributed by atoms with Gasteiger partial charge in [-0.25, -0.2) is 0 Å². The van der Waals surface area contributed by atoms with E-state index in [2.05, 4.69) is 0 Å². The number of rotatable bonds is 5. The molecule has 1 saturated carbocycles. The Morgan fingerprint density at radius 2 is 1.65 bits per heavy atom. The molecule has 1 N–H and O–H groups in total. The van der Waals surface area contributed by atoms with Gasteiger partial charge in [-0.3, -0.25) is 0 Å².